The number of carbonyl (C=O) groups is 1. The Balaban J connectivity index is 2.15. The van der Waals surface area contributed by atoms with Crippen LogP contribution >= 0.6 is 0 Å². The van der Waals surface area contributed by atoms with E-state index in [1.165, 1.54) is 0 Å². The van der Waals surface area contributed by atoms with E-state index in [0.717, 1.165) is 16.8 Å². The van der Waals surface area contributed by atoms with E-state index >= 15 is 0 Å². The average molecular weight is 293 g/mol. The van der Waals surface area contributed by atoms with Gasteiger partial charge in [0, 0.05) is 11.3 Å². The highest BCUT2D eigenvalue weighted by molar-refractivity contribution is 6.02. The third-order valence-electron chi connectivity index (χ3n) is 3.11. The first-order valence-corrected chi connectivity index (χ1v) is 7.07. The summed E-state index contributed by atoms with van der Waals surface area (Å²) >= 11 is 0. The SMILES string of the molecule is C=C/C=C\C(=C/C)c1ccc(C(=O)Nc2cccc(C)c2)o1. The van der Waals surface area contributed by atoms with Crippen LogP contribution in [0.4, 0.5) is 5.69 Å². The predicted octanol–water partition coefficient (Wildman–Crippen LogP) is 4.99. The highest BCUT2D eigenvalue weighted by Crippen LogP contribution is 2.20. The maximum atomic E-state index is 12.2. The number of hydrogen-bond acceptors (Lipinski definition) is 2. The van der Waals surface area contributed by atoms with Crippen molar-refractivity contribution >= 4 is 17.2 Å². The zero-order valence-corrected chi connectivity index (χ0v) is 12.8. The second-order valence-corrected chi connectivity index (χ2v) is 4.83. The molecule has 3 heteroatoms. The topological polar surface area (TPSA) is 42.2 Å². The van der Waals surface area contributed by atoms with Gasteiger partial charge in [0.05, 0.1) is 0 Å². The minimum atomic E-state index is -0.264. The molecule has 0 bridgehead atoms. The lowest BCUT2D eigenvalue weighted by molar-refractivity contribution is 0.0996. The fourth-order valence-corrected chi connectivity index (χ4v) is 2.02. The molecule has 0 unspecified atom stereocenters. The van der Waals surface area contributed by atoms with Crippen LogP contribution in [0.3, 0.4) is 0 Å². The van der Waals surface area contributed by atoms with E-state index in [1.54, 1.807) is 18.2 Å². The Morgan fingerprint density at radius 2 is 2.00 bits per heavy atom. The zero-order valence-electron chi connectivity index (χ0n) is 12.8. The molecule has 0 atom stereocenters. The number of amides is 1. The van der Waals surface area contributed by atoms with Gasteiger partial charge in [-0.25, -0.2) is 0 Å². The first kappa shape index (κ1) is 15.6. The van der Waals surface area contributed by atoms with Gasteiger partial charge in [0.1, 0.15) is 5.76 Å². The monoisotopic (exact) mass is 293 g/mol. The average Bonchev–Trinajstić information content (AvgIpc) is 2.98. The van der Waals surface area contributed by atoms with E-state index < -0.39 is 0 Å². The van der Waals surface area contributed by atoms with Gasteiger partial charge in [0.15, 0.2) is 5.76 Å². The van der Waals surface area contributed by atoms with Crippen molar-refractivity contribution in [1.82, 2.24) is 0 Å². The van der Waals surface area contributed by atoms with Crippen LogP contribution in [0.15, 0.2) is 71.7 Å². The van der Waals surface area contributed by atoms with E-state index in [0.29, 0.717) is 5.76 Å². The summed E-state index contributed by atoms with van der Waals surface area (Å²) in [5, 5.41) is 2.83. The van der Waals surface area contributed by atoms with Crippen LogP contribution in [0.1, 0.15) is 28.8 Å². The molecular weight excluding hydrogens is 274 g/mol. The predicted molar refractivity (Wildman–Crippen MR) is 90.8 cm³/mol. The minimum absolute atomic E-state index is 0.264. The van der Waals surface area contributed by atoms with E-state index in [4.69, 9.17) is 4.42 Å². The minimum Gasteiger partial charge on any atom is -0.451 e. The molecule has 0 saturated heterocycles. The van der Waals surface area contributed by atoms with Crippen LogP contribution in [0.25, 0.3) is 5.57 Å². The standard InChI is InChI=1S/C19H19NO2/c1-4-6-9-15(5-2)17-11-12-18(22-17)19(21)20-16-10-7-8-14(3)13-16/h4-13H,1H2,2-3H3,(H,20,21)/b9-6-,15-5+. The summed E-state index contributed by atoms with van der Waals surface area (Å²) in [7, 11) is 0. The fourth-order valence-electron chi connectivity index (χ4n) is 2.02. The van der Waals surface area contributed by atoms with Crippen LogP contribution in [0, 0.1) is 6.92 Å². The van der Waals surface area contributed by atoms with Gasteiger partial charge in [-0.2, -0.15) is 0 Å². The third kappa shape index (κ3) is 3.85. The Kier molecular flexibility index (Phi) is 5.15. The van der Waals surface area contributed by atoms with Gasteiger partial charge in [-0.3, -0.25) is 4.79 Å². The molecule has 1 amide bonds. The van der Waals surface area contributed by atoms with Gasteiger partial charge in [-0.15, -0.1) is 0 Å². The van der Waals surface area contributed by atoms with Crippen molar-refractivity contribution in [2.24, 2.45) is 0 Å². The smallest absolute Gasteiger partial charge is 0.291 e. The van der Waals surface area contributed by atoms with Gasteiger partial charge >= 0.3 is 0 Å². The summed E-state index contributed by atoms with van der Waals surface area (Å²) in [6.45, 7) is 7.53. The third-order valence-corrected chi connectivity index (χ3v) is 3.11. The van der Waals surface area contributed by atoms with Gasteiger partial charge < -0.3 is 9.73 Å². The molecule has 3 nitrogen and oxygen atoms in total. The molecule has 0 aliphatic carbocycles. The maximum Gasteiger partial charge on any atom is 0.291 e. The zero-order chi connectivity index (χ0) is 15.9. The number of rotatable bonds is 5. The van der Waals surface area contributed by atoms with Crippen molar-refractivity contribution < 1.29 is 9.21 Å². The number of hydrogen-bond donors (Lipinski definition) is 1. The molecule has 0 saturated carbocycles. The Morgan fingerprint density at radius 1 is 1.23 bits per heavy atom. The second-order valence-electron chi connectivity index (χ2n) is 4.83. The summed E-state index contributed by atoms with van der Waals surface area (Å²) in [6, 6.07) is 11.1. The van der Waals surface area contributed by atoms with E-state index in [-0.39, 0.29) is 11.7 Å². The highest BCUT2D eigenvalue weighted by Gasteiger charge is 2.12. The van der Waals surface area contributed by atoms with Crippen molar-refractivity contribution in [2.45, 2.75) is 13.8 Å². The molecule has 112 valence electrons. The Hall–Kier alpha value is -2.81. The first-order valence-electron chi connectivity index (χ1n) is 7.07. The maximum absolute atomic E-state index is 12.2. The van der Waals surface area contributed by atoms with Crippen LogP contribution in [-0.4, -0.2) is 5.91 Å². The normalized spacial score (nSPS) is 11.6. The second kappa shape index (κ2) is 7.27. The number of anilines is 1. The van der Waals surface area contributed by atoms with E-state index in [1.807, 2.05) is 56.3 Å². The molecule has 0 radical (unpaired) electrons. The van der Waals surface area contributed by atoms with Gasteiger partial charge in [-0.1, -0.05) is 43.0 Å². The Bertz CT molecular complexity index is 735. The molecule has 1 aromatic carbocycles. The van der Waals surface area contributed by atoms with Crippen molar-refractivity contribution in [3.05, 3.63) is 84.4 Å². The molecule has 22 heavy (non-hydrogen) atoms. The van der Waals surface area contributed by atoms with E-state index in [2.05, 4.69) is 11.9 Å². The molecule has 1 aromatic heterocycles. The molecule has 0 aliphatic heterocycles. The van der Waals surface area contributed by atoms with Gasteiger partial charge in [-0.05, 0) is 43.7 Å². The van der Waals surface area contributed by atoms with Gasteiger partial charge in [0.2, 0.25) is 0 Å². The van der Waals surface area contributed by atoms with Crippen molar-refractivity contribution in [3.8, 4) is 0 Å². The number of carbonyl (C=O) groups excluding carboxylic acids is 1. The summed E-state index contributed by atoms with van der Waals surface area (Å²) in [5.74, 6) is 0.665. The summed E-state index contributed by atoms with van der Waals surface area (Å²) in [4.78, 5) is 12.2. The van der Waals surface area contributed by atoms with Crippen LogP contribution in [0.2, 0.25) is 0 Å². The van der Waals surface area contributed by atoms with Crippen LogP contribution in [-0.2, 0) is 0 Å². The number of nitrogens with one attached hydrogen (secondary N) is 1. The fraction of sp³-hybridized carbons (Fsp3) is 0.105. The Morgan fingerprint density at radius 3 is 2.68 bits per heavy atom. The lowest BCUT2D eigenvalue weighted by Crippen LogP contribution is -2.10. The van der Waals surface area contributed by atoms with Crippen LogP contribution < -0.4 is 5.32 Å². The Labute approximate surface area is 130 Å². The van der Waals surface area contributed by atoms with Crippen molar-refractivity contribution in [3.63, 3.8) is 0 Å². The molecule has 0 fully saturated rings. The molecular formula is C19H19NO2. The first-order chi connectivity index (χ1) is 10.6. The van der Waals surface area contributed by atoms with Gasteiger partial charge in [0.25, 0.3) is 5.91 Å². The number of furan rings is 1. The summed E-state index contributed by atoms with van der Waals surface area (Å²) < 4.78 is 5.63. The molecule has 2 rings (SSSR count). The van der Waals surface area contributed by atoms with Crippen molar-refractivity contribution in [2.75, 3.05) is 5.32 Å². The van der Waals surface area contributed by atoms with Crippen LogP contribution in [0.5, 0.6) is 0 Å². The molecule has 0 aliphatic rings. The van der Waals surface area contributed by atoms with Crippen molar-refractivity contribution in [1.29, 1.82) is 0 Å². The molecule has 1 heterocycles. The lowest BCUT2D eigenvalue weighted by atomic mass is 10.2. The lowest BCUT2D eigenvalue weighted by Gasteiger charge is -2.04. The number of aryl methyl sites for hydroxylation is 1. The molecule has 2 aromatic rings. The number of benzene rings is 1. The molecule has 1 N–H and O–H groups in total. The quantitative estimate of drug-likeness (QED) is 0.789. The summed E-state index contributed by atoms with van der Waals surface area (Å²) in [6.07, 6.45) is 7.32. The number of allylic oxidation sites excluding steroid dienone is 5. The highest BCUT2D eigenvalue weighted by atomic mass is 16.3. The summed E-state index contributed by atoms with van der Waals surface area (Å²) in [5.41, 5.74) is 2.74. The largest absolute Gasteiger partial charge is 0.451 e. The molecule has 0 spiro atoms. The van der Waals surface area contributed by atoms with E-state index in [9.17, 15) is 4.79 Å².